The van der Waals surface area contributed by atoms with Gasteiger partial charge in [-0.1, -0.05) is 60.7 Å². The van der Waals surface area contributed by atoms with E-state index in [1.54, 1.807) is 6.20 Å². The Morgan fingerprint density at radius 2 is 1.56 bits per heavy atom. The minimum absolute atomic E-state index is 0.436. The predicted octanol–water partition coefficient (Wildman–Crippen LogP) is 5.62. The van der Waals surface area contributed by atoms with Gasteiger partial charge in [-0.05, 0) is 49.6 Å². The van der Waals surface area contributed by atoms with E-state index in [4.69, 9.17) is 9.82 Å². The van der Waals surface area contributed by atoms with Gasteiger partial charge in [0.05, 0.1) is 17.5 Å². The van der Waals surface area contributed by atoms with Crippen LogP contribution in [0, 0.1) is 0 Å². The van der Waals surface area contributed by atoms with Gasteiger partial charge in [0.1, 0.15) is 11.9 Å². The van der Waals surface area contributed by atoms with Crippen LogP contribution in [-0.4, -0.2) is 31.6 Å². The zero-order valence-electron chi connectivity index (χ0n) is 20.1. The number of hydrogen-bond donors (Lipinski definition) is 0. The molecule has 6 heteroatoms. The molecule has 4 aromatic rings. The number of imidazole rings is 1. The zero-order valence-corrected chi connectivity index (χ0v) is 20.1. The van der Waals surface area contributed by atoms with Gasteiger partial charge in [0.25, 0.3) is 0 Å². The van der Waals surface area contributed by atoms with Crippen LogP contribution < -0.4 is 0 Å². The van der Waals surface area contributed by atoms with Crippen LogP contribution in [0.2, 0.25) is 0 Å². The lowest BCUT2D eigenvalue weighted by molar-refractivity contribution is -0.235. The van der Waals surface area contributed by atoms with E-state index in [9.17, 15) is 4.79 Å². The van der Waals surface area contributed by atoms with Crippen molar-refractivity contribution in [1.82, 2.24) is 19.6 Å². The fourth-order valence-electron chi connectivity index (χ4n) is 3.95. The summed E-state index contributed by atoms with van der Waals surface area (Å²) in [7, 11) is 1.97. The summed E-state index contributed by atoms with van der Waals surface area (Å²) in [5.41, 5.74) is 4.66. The first-order valence-electron chi connectivity index (χ1n) is 11.4. The number of hydroxylamine groups is 2. The highest BCUT2D eigenvalue weighted by Crippen LogP contribution is 2.30. The largest absolute Gasteiger partial charge is 0.329 e. The third kappa shape index (κ3) is 5.41. The lowest BCUT2D eigenvalue weighted by atomic mass is 10.0. The molecule has 0 N–H and O–H groups in total. The molecule has 0 aliphatic rings. The highest BCUT2D eigenvalue weighted by molar-refractivity contribution is 5.69. The molecule has 0 aliphatic carbocycles. The number of benzene rings is 2. The van der Waals surface area contributed by atoms with Gasteiger partial charge in [0.15, 0.2) is 0 Å². The fourth-order valence-corrected chi connectivity index (χ4v) is 3.95. The monoisotopic (exact) mass is 454 g/mol. The van der Waals surface area contributed by atoms with E-state index in [0.717, 1.165) is 34.7 Å². The number of aromatic nitrogens is 3. The summed E-state index contributed by atoms with van der Waals surface area (Å²) in [6.45, 7) is 5.75. The molecule has 0 saturated heterocycles. The Bertz CT molecular complexity index is 1210. The average Bonchev–Trinajstić information content (AvgIpc) is 3.23. The fraction of sp³-hybridized carbons (Fsp3) is 0.250. The molecule has 1 atom stereocenters. The van der Waals surface area contributed by atoms with E-state index in [1.165, 1.54) is 10.6 Å². The van der Waals surface area contributed by atoms with Gasteiger partial charge in [-0.25, -0.2) is 10.0 Å². The zero-order chi connectivity index (χ0) is 24.1. The maximum atomic E-state index is 12.1. The Hall–Kier alpha value is -3.77. The van der Waals surface area contributed by atoms with E-state index < -0.39 is 11.6 Å². The second-order valence-electron chi connectivity index (χ2n) is 9.21. The van der Waals surface area contributed by atoms with E-state index in [1.807, 2.05) is 75.0 Å². The summed E-state index contributed by atoms with van der Waals surface area (Å²) < 4.78 is 2.02. The molecular weight excluding hydrogens is 424 g/mol. The van der Waals surface area contributed by atoms with Crippen molar-refractivity contribution in [2.45, 2.75) is 38.8 Å². The minimum Gasteiger partial charge on any atom is -0.329 e. The first-order valence-corrected chi connectivity index (χ1v) is 11.4. The van der Waals surface area contributed by atoms with Crippen molar-refractivity contribution in [1.29, 1.82) is 0 Å². The van der Waals surface area contributed by atoms with Crippen molar-refractivity contribution >= 4 is 6.41 Å². The molecular formula is C28H30N4O2. The summed E-state index contributed by atoms with van der Waals surface area (Å²) in [4.78, 5) is 27.3. The molecule has 2 aromatic carbocycles. The summed E-state index contributed by atoms with van der Waals surface area (Å²) in [6.07, 6.45) is 4.80. The maximum Gasteiger partial charge on any atom is 0.234 e. The Morgan fingerprint density at radius 1 is 0.912 bits per heavy atom. The van der Waals surface area contributed by atoms with Gasteiger partial charge in [-0.3, -0.25) is 14.6 Å². The Balaban J connectivity index is 1.68. The molecule has 0 spiro atoms. The maximum absolute atomic E-state index is 12.1. The molecule has 4 rings (SSSR count). The molecule has 0 radical (unpaired) electrons. The summed E-state index contributed by atoms with van der Waals surface area (Å²) in [5.74, 6) is 0.726. The molecule has 6 nitrogen and oxygen atoms in total. The molecule has 1 amide bonds. The quantitative estimate of drug-likeness (QED) is 0.256. The lowest BCUT2D eigenvalue weighted by Gasteiger charge is -2.32. The SMILES string of the molecule is Cn1c(-c2ccc(-c3ccccc3)cc2)cnc1[C@H](Cc1ccccn1)N(C=O)OC(C)(C)C. The number of carbonyl (C=O) groups is 1. The van der Waals surface area contributed by atoms with Gasteiger partial charge in [0, 0.05) is 25.4 Å². The molecule has 0 aliphatic heterocycles. The number of hydrogen-bond acceptors (Lipinski definition) is 4. The lowest BCUT2D eigenvalue weighted by Crippen LogP contribution is -2.38. The standard InChI is InChI=1S/C28H30N4O2/c1-28(2,3)34-32(20-33)25(18-24-12-8-9-17-29-24)27-30-19-26(31(27)4)23-15-13-22(14-16-23)21-10-6-5-7-11-21/h5-17,19-20,25H,18H2,1-4H3/t25-/m0/s1. The normalized spacial score (nSPS) is 12.4. The van der Waals surface area contributed by atoms with Crippen LogP contribution in [0.15, 0.2) is 85.2 Å². The van der Waals surface area contributed by atoms with Gasteiger partial charge in [-0.2, -0.15) is 0 Å². The summed E-state index contributed by atoms with van der Waals surface area (Å²) >= 11 is 0. The Labute approximate surface area is 200 Å². The number of nitrogens with zero attached hydrogens (tertiary/aromatic N) is 4. The number of carbonyl (C=O) groups excluding carboxylic acids is 1. The van der Waals surface area contributed by atoms with Crippen LogP contribution in [0.3, 0.4) is 0 Å². The molecule has 2 aromatic heterocycles. The van der Waals surface area contributed by atoms with Gasteiger partial charge >= 0.3 is 0 Å². The van der Waals surface area contributed by atoms with Crippen LogP contribution in [0.1, 0.15) is 38.3 Å². The van der Waals surface area contributed by atoms with Crippen molar-refractivity contribution in [2.24, 2.45) is 7.05 Å². The van der Waals surface area contributed by atoms with Crippen molar-refractivity contribution in [3.05, 3.63) is 96.7 Å². The topological polar surface area (TPSA) is 60.2 Å². The first kappa shape index (κ1) is 23.4. The smallest absolute Gasteiger partial charge is 0.234 e. The van der Waals surface area contributed by atoms with Gasteiger partial charge in [0.2, 0.25) is 6.41 Å². The molecule has 0 fully saturated rings. The Kier molecular flexibility index (Phi) is 6.89. The van der Waals surface area contributed by atoms with Crippen molar-refractivity contribution < 1.29 is 9.63 Å². The Morgan fingerprint density at radius 3 is 2.18 bits per heavy atom. The van der Waals surface area contributed by atoms with E-state index in [0.29, 0.717) is 6.42 Å². The second kappa shape index (κ2) is 10.0. The van der Waals surface area contributed by atoms with Crippen LogP contribution in [0.4, 0.5) is 0 Å². The van der Waals surface area contributed by atoms with Gasteiger partial charge in [-0.15, -0.1) is 0 Å². The predicted molar refractivity (Wildman–Crippen MR) is 134 cm³/mol. The number of pyridine rings is 1. The van der Waals surface area contributed by atoms with Crippen molar-refractivity contribution in [3.8, 4) is 22.4 Å². The highest BCUT2D eigenvalue weighted by atomic mass is 16.7. The van der Waals surface area contributed by atoms with Crippen LogP contribution in [0.25, 0.3) is 22.4 Å². The summed E-state index contributed by atoms with van der Waals surface area (Å²) in [5, 5.41) is 1.36. The van der Waals surface area contributed by atoms with E-state index >= 15 is 0 Å². The molecule has 174 valence electrons. The van der Waals surface area contributed by atoms with Gasteiger partial charge < -0.3 is 4.57 Å². The van der Waals surface area contributed by atoms with Crippen molar-refractivity contribution in [3.63, 3.8) is 0 Å². The molecule has 0 bridgehead atoms. The number of rotatable bonds is 8. The van der Waals surface area contributed by atoms with Crippen LogP contribution in [0.5, 0.6) is 0 Å². The van der Waals surface area contributed by atoms with Crippen LogP contribution in [-0.2, 0) is 23.1 Å². The van der Waals surface area contributed by atoms with E-state index in [2.05, 4.69) is 41.4 Å². The van der Waals surface area contributed by atoms with Crippen LogP contribution >= 0.6 is 0 Å². The number of amides is 1. The van der Waals surface area contributed by atoms with E-state index in [-0.39, 0.29) is 0 Å². The molecule has 2 heterocycles. The third-order valence-corrected chi connectivity index (χ3v) is 5.53. The average molecular weight is 455 g/mol. The second-order valence-corrected chi connectivity index (χ2v) is 9.21. The summed E-state index contributed by atoms with van der Waals surface area (Å²) in [6, 6.07) is 24.0. The highest BCUT2D eigenvalue weighted by Gasteiger charge is 2.29. The molecule has 0 saturated carbocycles. The first-order chi connectivity index (χ1) is 16.4. The minimum atomic E-state index is -0.537. The molecule has 34 heavy (non-hydrogen) atoms. The third-order valence-electron chi connectivity index (χ3n) is 5.53. The van der Waals surface area contributed by atoms with Crippen molar-refractivity contribution in [2.75, 3.05) is 0 Å². The molecule has 0 unspecified atom stereocenters.